The zero-order valence-corrected chi connectivity index (χ0v) is 33.5. The summed E-state index contributed by atoms with van der Waals surface area (Å²) in [5, 5.41) is 4.84. The molecular weight excluding hydrogens is 737 g/mol. The number of hydrogen-bond donors (Lipinski definition) is 0. The fourth-order valence-corrected chi connectivity index (χ4v) is 10.2. The Labute approximate surface area is 355 Å². The smallest absolute Gasteiger partial charge is 0.0714 e. The fraction of sp³-hybridized carbons (Fsp3) is 0.0169. The van der Waals surface area contributed by atoms with Crippen LogP contribution in [0.3, 0.4) is 0 Å². The molecule has 1 heterocycles. The molecule has 0 bridgehead atoms. The monoisotopic (exact) mass is 776 g/mol. The van der Waals surface area contributed by atoms with Gasteiger partial charge in [0.05, 0.1) is 16.4 Å². The molecule has 10 aromatic carbocycles. The quantitative estimate of drug-likeness (QED) is 0.156. The third-order valence-corrected chi connectivity index (χ3v) is 12.8. The Morgan fingerprint density at radius 3 is 1.67 bits per heavy atom. The van der Waals surface area contributed by atoms with Crippen molar-refractivity contribution < 1.29 is 0 Å². The molecule has 0 unspecified atom stereocenters. The Morgan fingerprint density at radius 2 is 0.918 bits per heavy atom. The van der Waals surface area contributed by atoms with Crippen molar-refractivity contribution in [3.63, 3.8) is 0 Å². The van der Waals surface area contributed by atoms with Crippen molar-refractivity contribution in [2.75, 3.05) is 4.90 Å². The molecule has 0 aliphatic heterocycles. The predicted molar refractivity (Wildman–Crippen MR) is 256 cm³/mol. The van der Waals surface area contributed by atoms with Gasteiger partial charge in [0.25, 0.3) is 0 Å². The van der Waals surface area contributed by atoms with E-state index in [2.05, 4.69) is 252 Å². The van der Waals surface area contributed by atoms with Gasteiger partial charge in [-0.15, -0.1) is 0 Å². The molecule has 0 N–H and O–H groups in total. The molecule has 0 radical (unpaired) electrons. The molecule has 0 saturated heterocycles. The minimum atomic E-state index is -0.526. The summed E-state index contributed by atoms with van der Waals surface area (Å²) in [5.41, 5.74) is 16.3. The minimum absolute atomic E-state index is 0.526. The van der Waals surface area contributed by atoms with Gasteiger partial charge in [0.15, 0.2) is 0 Å². The van der Waals surface area contributed by atoms with E-state index in [9.17, 15) is 0 Å². The van der Waals surface area contributed by atoms with Crippen molar-refractivity contribution in [2.24, 2.45) is 0 Å². The number of para-hydroxylation sites is 2. The summed E-state index contributed by atoms with van der Waals surface area (Å²) in [6.45, 7) is 0. The highest BCUT2D eigenvalue weighted by molar-refractivity contribution is 6.15. The van der Waals surface area contributed by atoms with Crippen LogP contribution < -0.4 is 4.90 Å². The van der Waals surface area contributed by atoms with Gasteiger partial charge in [-0.1, -0.05) is 188 Å². The molecule has 286 valence electrons. The number of nitrogens with zero attached hydrogens (tertiary/aromatic N) is 2. The lowest BCUT2D eigenvalue weighted by Gasteiger charge is -2.35. The lowest BCUT2D eigenvalue weighted by molar-refractivity contribution is 0.768. The Hall–Kier alpha value is -7.94. The van der Waals surface area contributed by atoms with E-state index in [4.69, 9.17) is 0 Å². The number of anilines is 3. The van der Waals surface area contributed by atoms with E-state index in [1.165, 1.54) is 77.1 Å². The maximum absolute atomic E-state index is 2.48. The fourth-order valence-electron chi connectivity index (χ4n) is 10.2. The Morgan fingerprint density at radius 1 is 0.344 bits per heavy atom. The molecule has 1 aromatic heterocycles. The first-order chi connectivity index (χ1) is 30.3. The molecule has 0 amide bonds. The van der Waals surface area contributed by atoms with E-state index in [0.29, 0.717) is 0 Å². The van der Waals surface area contributed by atoms with Crippen LogP contribution in [0.4, 0.5) is 17.1 Å². The summed E-state index contributed by atoms with van der Waals surface area (Å²) in [6, 6.07) is 89.2. The van der Waals surface area contributed by atoms with Gasteiger partial charge < -0.3 is 9.47 Å². The SMILES string of the molecule is c1ccc(-c2cc(N(c3ccc4c(c3)C(c3ccccc3)(c3ccccc3)c3ccccc3-4)c3ccc4ccccc4c3)cc3c4ccccc4n(-c4ccccc4)c23)cc1. The number of aromatic nitrogens is 1. The molecule has 61 heavy (non-hydrogen) atoms. The van der Waals surface area contributed by atoms with E-state index in [1.807, 2.05) is 0 Å². The summed E-state index contributed by atoms with van der Waals surface area (Å²) < 4.78 is 2.44. The zero-order chi connectivity index (χ0) is 40.3. The molecule has 0 saturated carbocycles. The Balaban J connectivity index is 1.19. The van der Waals surface area contributed by atoms with Crippen LogP contribution in [0.2, 0.25) is 0 Å². The van der Waals surface area contributed by atoms with Crippen LogP contribution in [0.1, 0.15) is 22.3 Å². The zero-order valence-electron chi connectivity index (χ0n) is 33.5. The van der Waals surface area contributed by atoms with E-state index >= 15 is 0 Å². The van der Waals surface area contributed by atoms with Gasteiger partial charge in [-0.3, -0.25) is 0 Å². The third-order valence-electron chi connectivity index (χ3n) is 12.8. The predicted octanol–water partition coefficient (Wildman–Crippen LogP) is 15.4. The highest BCUT2D eigenvalue weighted by atomic mass is 15.1. The van der Waals surface area contributed by atoms with Crippen molar-refractivity contribution in [3.05, 3.63) is 265 Å². The lowest BCUT2D eigenvalue weighted by atomic mass is 9.67. The second-order valence-electron chi connectivity index (χ2n) is 16.1. The summed E-state index contributed by atoms with van der Waals surface area (Å²) in [5.74, 6) is 0. The van der Waals surface area contributed by atoms with Crippen LogP contribution >= 0.6 is 0 Å². The topological polar surface area (TPSA) is 8.17 Å². The van der Waals surface area contributed by atoms with Crippen molar-refractivity contribution in [1.82, 2.24) is 4.57 Å². The van der Waals surface area contributed by atoms with Crippen LogP contribution in [-0.4, -0.2) is 4.57 Å². The van der Waals surface area contributed by atoms with Crippen molar-refractivity contribution in [2.45, 2.75) is 5.41 Å². The molecule has 0 fully saturated rings. The molecule has 1 aliphatic rings. The first-order valence-corrected chi connectivity index (χ1v) is 21.1. The van der Waals surface area contributed by atoms with E-state index in [1.54, 1.807) is 0 Å². The maximum Gasteiger partial charge on any atom is 0.0714 e. The number of rotatable bonds is 7. The van der Waals surface area contributed by atoms with E-state index in [0.717, 1.165) is 22.7 Å². The van der Waals surface area contributed by atoms with E-state index < -0.39 is 5.41 Å². The standard InChI is InChI=1S/C59H40N2/c1-5-20-42(21-6-1)53-38-49(39-54-52-30-16-18-32-57(52)61(58(53)54)46-27-11-4-12-28-46)60(47-34-33-41-19-13-14-22-43(41)37-47)48-35-36-51-50-29-15-17-31-55(50)59(56(51)40-48,44-23-7-2-8-24-44)45-25-9-3-10-26-45/h1-40H. The summed E-state index contributed by atoms with van der Waals surface area (Å²) >= 11 is 0. The normalized spacial score (nSPS) is 12.7. The van der Waals surface area contributed by atoms with Gasteiger partial charge in [-0.05, 0) is 104 Å². The van der Waals surface area contributed by atoms with Crippen molar-refractivity contribution >= 4 is 49.6 Å². The molecule has 0 atom stereocenters. The van der Waals surface area contributed by atoms with Crippen LogP contribution in [-0.2, 0) is 5.41 Å². The Bertz CT molecular complexity index is 3360. The van der Waals surface area contributed by atoms with Crippen LogP contribution in [0.15, 0.2) is 243 Å². The van der Waals surface area contributed by atoms with Crippen molar-refractivity contribution in [1.29, 1.82) is 0 Å². The van der Waals surface area contributed by atoms with E-state index in [-0.39, 0.29) is 0 Å². The number of fused-ring (bicyclic) bond motifs is 7. The van der Waals surface area contributed by atoms with Crippen LogP contribution in [0.5, 0.6) is 0 Å². The van der Waals surface area contributed by atoms with Gasteiger partial charge in [0.2, 0.25) is 0 Å². The number of benzene rings is 10. The molecular formula is C59H40N2. The number of hydrogen-bond acceptors (Lipinski definition) is 1. The summed E-state index contributed by atoms with van der Waals surface area (Å²) in [4.78, 5) is 2.48. The Kier molecular flexibility index (Phi) is 8.11. The molecule has 12 rings (SSSR count). The summed E-state index contributed by atoms with van der Waals surface area (Å²) in [7, 11) is 0. The lowest BCUT2D eigenvalue weighted by Crippen LogP contribution is -2.28. The van der Waals surface area contributed by atoms with Crippen LogP contribution in [0, 0.1) is 0 Å². The van der Waals surface area contributed by atoms with Gasteiger partial charge in [-0.2, -0.15) is 0 Å². The molecule has 0 spiro atoms. The molecule has 11 aromatic rings. The first kappa shape index (κ1) is 35.0. The average molecular weight is 777 g/mol. The average Bonchev–Trinajstić information content (AvgIpc) is 3.83. The second kappa shape index (κ2) is 14.1. The largest absolute Gasteiger partial charge is 0.310 e. The molecule has 2 nitrogen and oxygen atoms in total. The van der Waals surface area contributed by atoms with Crippen LogP contribution in [0.25, 0.3) is 60.5 Å². The third kappa shape index (κ3) is 5.43. The first-order valence-electron chi connectivity index (χ1n) is 21.1. The summed E-state index contributed by atoms with van der Waals surface area (Å²) in [6.07, 6.45) is 0. The van der Waals surface area contributed by atoms with Gasteiger partial charge >= 0.3 is 0 Å². The maximum atomic E-state index is 2.48. The minimum Gasteiger partial charge on any atom is -0.310 e. The van der Waals surface area contributed by atoms with Crippen molar-refractivity contribution in [3.8, 4) is 27.9 Å². The highest BCUT2D eigenvalue weighted by Gasteiger charge is 2.46. The molecule has 1 aliphatic carbocycles. The highest BCUT2D eigenvalue weighted by Crippen LogP contribution is 2.57. The van der Waals surface area contributed by atoms with Gasteiger partial charge in [0.1, 0.15) is 0 Å². The second-order valence-corrected chi connectivity index (χ2v) is 16.1. The molecule has 2 heteroatoms. The van der Waals surface area contributed by atoms with Gasteiger partial charge in [0, 0.05) is 39.1 Å². The van der Waals surface area contributed by atoms with Gasteiger partial charge in [-0.25, -0.2) is 0 Å².